The van der Waals surface area contributed by atoms with Gasteiger partial charge in [0.15, 0.2) is 5.69 Å². The van der Waals surface area contributed by atoms with Crippen molar-refractivity contribution in [2.75, 3.05) is 13.2 Å². The standard InChI is InChI=1S/C27H31F3N6O8S/c1-17(2)34(36(39)33-44-20(5)43-19(4)37)14-15-42-26(38)32-45(40,41)23-12-10-22(11-13-23)35-24(16-25(31-35)27(28,29)30)21-8-6-18(3)7-9-21/h6-13,16-17,20H,14-15H2,1-5H3,(H,32,38). The molecule has 0 bridgehead atoms. The first-order valence-corrected chi connectivity index (χ1v) is 14.8. The van der Waals surface area contributed by atoms with Gasteiger partial charge in [0, 0.05) is 19.4 Å². The molecule has 0 aliphatic heterocycles. The molecule has 14 nitrogen and oxygen atoms in total. The Labute approximate surface area is 256 Å². The van der Waals surface area contributed by atoms with Crippen molar-refractivity contribution >= 4 is 22.1 Å². The number of rotatable bonds is 12. The maximum Gasteiger partial charge on any atom is 0.435 e. The predicted molar refractivity (Wildman–Crippen MR) is 151 cm³/mol. The smallest absolute Gasteiger partial charge is 0.435 e. The Morgan fingerprint density at radius 1 is 1.11 bits per heavy atom. The Balaban J connectivity index is 1.68. The summed E-state index contributed by atoms with van der Waals surface area (Å²) in [5.74, 6) is -0.647. The van der Waals surface area contributed by atoms with Gasteiger partial charge >= 0.3 is 18.2 Å². The number of sulfonamides is 1. The van der Waals surface area contributed by atoms with E-state index in [1.807, 2.05) is 6.92 Å². The van der Waals surface area contributed by atoms with Gasteiger partial charge in [0.2, 0.25) is 5.28 Å². The van der Waals surface area contributed by atoms with Crippen molar-refractivity contribution in [2.45, 2.75) is 58.0 Å². The lowest BCUT2D eigenvalue weighted by atomic mass is 10.1. The molecule has 1 unspecified atom stereocenters. The Bertz CT molecular complexity index is 1630. The van der Waals surface area contributed by atoms with Gasteiger partial charge in [-0.3, -0.25) is 9.63 Å². The first kappa shape index (κ1) is 34.6. The van der Waals surface area contributed by atoms with Crippen LogP contribution < -0.4 is 4.72 Å². The van der Waals surface area contributed by atoms with E-state index in [1.54, 1.807) is 42.8 Å². The maximum absolute atomic E-state index is 13.5. The molecule has 0 aliphatic rings. The lowest BCUT2D eigenvalue weighted by Crippen LogP contribution is -2.41. The molecule has 1 N–H and O–H groups in total. The number of benzene rings is 2. The van der Waals surface area contributed by atoms with Crippen LogP contribution in [0.15, 0.2) is 64.8 Å². The molecule has 0 fully saturated rings. The third-order valence-electron chi connectivity index (χ3n) is 5.92. The molecular formula is C27H31F3N6O8S. The van der Waals surface area contributed by atoms with Gasteiger partial charge in [0.05, 0.1) is 27.3 Å². The number of aryl methyl sites for hydroxylation is 1. The fraction of sp³-hybridized carbons (Fsp3) is 0.370. The summed E-state index contributed by atoms with van der Waals surface area (Å²) in [7, 11) is -4.45. The van der Waals surface area contributed by atoms with Crippen molar-refractivity contribution < 1.29 is 50.5 Å². The van der Waals surface area contributed by atoms with E-state index in [1.165, 1.54) is 19.1 Å². The van der Waals surface area contributed by atoms with Gasteiger partial charge in [0.25, 0.3) is 16.3 Å². The number of ether oxygens (including phenoxy) is 2. The summed E-state index contributed by atoms with van der Waals surface area (Å²) in [4.78, 5) is 27.6. The first-order chi connectivity index (χ1) is 21.0. The summed E-state index contributed by atoms with van der Waals surface area (Å²) in [5, 5.41) is 20.3. The summed E-state index contributed by atoms with van der Waals surface area (Å²) >= 11 is 0. The summed E-state index contributed by atoms with van der Waals surface area (Å²) in [6.45, 7) is 6.91. The summed E-state index contributed by atoms with van der Waals surface area (Å²) in [6.07, 6.45) is -7.20. The zero-order chi connectivity index (χ0) is 33.5. The average molecular weight is 657 g/mol. The minimum atomic E-state index is -4.72. The van der Waals surface area contributed by atoms with Crippen LogP contribution in [-0.2, 0) is 35.3 Å². The molecule has 0 saturated carbocycles. The second kappa shape index (κ2) is 14.3. The second-order valence-electron chi connectivity index (χ2n) is 9.80. The van der Waals surface area contributed by atoms with E-state index in [2.05, 4.69) is 15.1 Å². The molecule has 3 rings (SSSR count). The number of hydrogen-bond donors (Lipinski definition) is 1. The topological polar surface area (TPSA) is 167 Å². The highest BCUT2D eigenvalue weighted by Crippen LogP contribution is 2.33. The average Bonchev–Trinajstić information content (AvgIpc) is 3.40. The number of halogens is 3. The zero-order valence-corrected chi connectivity index (χ0v) is 25.6. The van der Waals surface area contributed by atoms with Gasteiger partial charge in [-0.05, 0) is 51.1 Å². The molecule has 0 aliphatic carbocycles. The molecule has 0 spiro atoms. The molecular weight excluding hydrogens is 625 g/mol. The Kier molecular flexibility index (Phi) is 11.0. The van der Waals surface area contributed by atoms with Crippen molar-refractivity contribution in [1.82, 2.24) is 19.5 Å². The van der Waals surface area contributed by atoms with Crippen LogP contribution in [0.1, 0.15) is 39.0 Å². The van der Waals surface area contributed by atoms with Crippen molar-refractivity contribution in [3.63, 3.8) is 0 Å². The number of hydrazine groups is 1. The van der Waals surface area contributed by atoms with Gasteiger partial charge in [-0.2, -0.15) is 18.3 Å². The molecule has 1 atom stereocenters. The number of alkyl halides is 3. The maximum atomic E-state index is 13.5. The molecule has 0 saturated heterocycles. The first-order valence-electron chi connectivity index (χ1n) is 13.3. The van der Waals surface area contributed by atoms with Gasteiger partial charge in [0.1, 0.15) is 13.2 Å². The number of carbonyl (C=O) groups excluding carboxylic acids is 2. The van der Waals surface area contributed by atoms with Gasteiger partial charge in [-0.25, -0.2) is 22.6 Å². The van der Waals surface area contributed by atoms with Crippen LogP contribution in [-0.4, -0.2) is 65.7 Å². The lowest BCUT2D eigenvalue weighted by Gasteiger charge is -2.21. The van der Waals surface area contributed by atoms with E-state index in [4.69, 9.17) is 9.57 Å². The van der Waals surface area contributed by atoms with Crippen molar-refractivity contribution in [3.05, 3.63) is 71.1 Å². The molecule has 1 amide bonds. The van der Waals surface area contributed by atoms with Crippen LogP contribution in [0.2, 0.25) is 0 Å². The number of amides is 1. The predicted octanol–water partition coefficient (Wildman–Crippen LogP) is 4.71. The van der Waals surface area contributed by atoms with Crippen molar-refractivity contribution in [1.29, 1.82) is 0 Å². The molecule has 1 heterocycles. The minimum absolute atomic E-state index is 0.0612. The largest absolute Gasteiger partial charge is 0.569 e. The number of nitrogens with zero attached hydrogens (tertiary/aromatic N) is 5. The fourth-order valence-electron chi connectivity index (χ4n) is 3.79. The number of nitrogens with one attached hydrogen (secondary N) is 1. The third kappa shape index (κ3) is 9.56. The Hall–Kier alpha value is -4.87. The molecule has 1 aromatic heterocycles. The van der Waals surface area contributed by atoms with Crippen LogP contribution in [0.3, 0.4) is 0 Å². The molecule has 3 aromatic rings. The van der Waals surface area contributed by atoms with Gasteiger partial charge in [-0.1, -0.05) is 29.8 Å². The summed E-state index contributed by atoms with van der Waals surface area (Å²) in [5.41, 5.74) is 0.491. The van der Waals surface area contributed by atoms with Crippen LogP contribution in [0, 0.1) is 12.1 Å². The van der Waals surface area contributed by atoms with Gasteiger partial charge < -0.3 is 14.7 Å². The number of esters is 1. The summed E-state index contributed by atoms with van der Waals surface area (Å²) < 4.78 is 78.3. The van der Waals surface area contributed by atoms with E-state index >= 15 is 0 Å². The van der Waals surface area contributed by atoms with E-state index in [-0.39, 0.29) is 27.8 Å². The second-order valence-corrected chi connectivity index (χ2v) is 11.5. The van der Waals surface area contributed by atoms with Crippen LogP contribution in [0.5, 0.6) is 0 Å². The summed E-state index contributed by atoms with van der Waals surface area (Å²) in [6, 6.07) is 11.8. The molecule has 2 aromatic carbocycles. The Morgan fingerprint density at radius 2 is 1.73 bits per heavy atom. The van der Waals surface area contributed by atoms with Crippen LogP contribution in [0.25, 0.3) is 16.9 Å². The fourth-order valence-corrected chi connectivity index (χ4v) is 4.68. The van der Waals surface area contributed by atoms with E-state index in [9.17, 15) is 36.4 Å². The lowest BCUT2D eigenvalue weighted by molar-refractivity contribution is -0.719. The monoisotopic (exact) mass is 656 g/mol. The number of hydrogen-bond acceptors (Lipinski definition) is 10. The quantitative estimate of drug-likeness (QED) is 0.0948. The normalized spacial score (nSPS) is 12.9. The SMILES string of the molecule is CC(=O)OC(C)ON=[N+]([O-])N(CCOC(=O)NS(=O)(=O)c1ccc(-n2nc(C(F)(F)F)cc2-c2ccc(C)cc2)cc1)C(C)C. The van der Waals surface area contributed by atoms with Gasteiger partial charge in [-0.15, -0.1) is 5.01 Å². The van der Waals surface area contributed by atoms with Crippen molar-refractivity contribution in [2.24, 2.45) is 5.28 Å². The van der Waals surface area contributed by atoms with E-state index in [0.717, 1.165) is 40.4 Å². The number of aromatic nitrogens is 2. The molecule has 45 heavy (non-hydrogen) atoms. The highest BCUT2D eigenvalue weighted by Gasteiger charge is 2.35. The molecule has 0 radical (unpaired) electrons. The molecule has 244 valence electrons. The van der Waals surface area contributed by atoms with E-state index < -0.39 is 52.9 Å². The molecule has 18 heteroatoms. The zero-order valence-electron chi connectivity index (χ0n) is 24.8. The minimum Gasteiger partial charge on any atom is -0.569 e. The highest BCUT2D eigenvalue weighted by atomic mass is 32.2. The van der Waals surface area contributed by atoms with E-state index in [0.29, 0.717) is 5.56 Å². The third-order valence-corrected chi connectivity index (χ3v) is 7.25. The van der Waals surface area contributed by atoms with Crippen LogP contribution in [0.4, 0.5) is 18.0 Å². The Morgan fingerprint density at radius 3 is 2.29 bits per heavy atom. The number of carbonyl (C=O) groups is 2. The van der Waals surface area contributed by atoms with Crippen LogP contribution >= 0.6 is 0 Å². The highest BCUT2D eigenvalue weighted by molar-refractivity contribution is 7.90. The van der Waals surface area contributed by atoms with Crippen molar-refractivity contribution in [3.8, 4) is 16.9 Å².